The first-order chi connectivity index (χ1) is 13.2. The van der Waals surface area contributed by atoms with Crippen LogP contribution in [0.4, 0.5) is 0 Å². The van der Waals surface area contributed by atoms with Crippen LogP contribution in [0, 0.1) is 5.92 Å². The molecule has 2 N–H and O–H groups in total. The quantitative estimate of drug-likeness (QED) is 0.725. The molecule has 1 aliphatic carbocycles. The van der Waals surface area contributed by atoms with E-state index in [1.54, 1.807) is 0 Å². The maximum absolute atomic E-state index is 13.2. The molecule has 27 heavy (non-hydrogen) atoms. The van der Waals surface area contributed by atoms with Crippen molar-refractivity contribution in [1.82, 2.24) is 20.1 Å². The molecule has 1 fully saturated rings. The van der Waals surface area contributed by atoms with E-state index in [1.165, 1.54) is 22.0 Å². The number of aromatic nitrogens is 3. The third-order valence-corrected chi connectivity index (χ3v) is 6.48. The van der Waals surface area contributed by atoms with Crippen LogP contribution in [0.1, 0.15) is 54.8 Å². The van der Waals surface area contributed by atoms with Gasteiger partial charge in [-0.1, -0.05) is 19.1 Å². The van der Waals surface area contributed by atoms with Crippen LogP contribution in [0.3, 0.4) is 0 Å². The van der Waals surface area contributed by atoms with Gasteiger partial charge < -0.3 is 9.88 Å². The molecule has 0 spiro atoms. The van der Waals surface area contributed by atoms with Crippen LogP contribution < -0.4 is 0 Å². The van der Waals surface area contributed by atoms with Gasteiger partial charge in [0.2, 0.25) is 5.91 Å². The Bertz CT molecular complexity index is 964. The number of nitrogens with one attached hydrogen (secondary N) is 2. The van der Waals surface area contributed by atoms with Crippen LogP contribution in [0.15, 0.2) is 36.7 Å². The SMILES string of the molecule is CC1Cc2cn[nH]c2C(C(=O)N2CCC(c3cccc4[nH]ccc34)CC2)C1. The normalized spacial score (nSPS) is 23.5. The van der Waals surface area contributed by atoms with Crippen molar-refractivity contribution in [3.05, 3.63) is 53.5 Å². The van der Waals surface area contributed by atoms with Crippen LogP contribution in [-0.2, 0) is 11.2 Å². The molecule has 1 aromatic carbocycles. The summed E-state index contributed by atoms with van der Waals surface area (Å²) in [4.78, 5) is 18.6. The van der Waals surface area contributed by atoms with Crippen LogP contribution in [0.5, 0.6) is 0 Å². The molecule has 5 rings (SSSR count). The summed E-state index contributed by atoms with van der Waals surface area (Å²) >= 11 is 0. The number of aromatic amines is 2. The van der Waals surface area contributed by atoms with Crippen LogP contribution in [0.2, 0.25) is 0 Å². The van der Waals surface area contributed by atoms with Gasteiger partial charge in [-0.15, -0.1) is 0 Å². The molecule has 2 unspecified atom stereocenters. The molecule has 5 heteroatoms. The highest BCUT2D eigenvalue weighted by Crippen LogP contribution is 2.37. The van der Waals surface area contributed by atoms with Gasteiger partial charge in [-0.25, -0.2) is 0 Å². The van der Waals surface area contributed by atoms with E-state index in [9.17, 15) is 4.79 Å². The van der Waals surface area contributed by atoms with Gasteiger partial charge in [-0.2, -0.15) is 5.10 Å². The minimum atomic E-state index is -0.0455. The predicted molar refractivity (Wildman–Crippen MR) is 106 cm³/mol. The standard InChI is InChI=1S/C22H26N4O/c1-14-11-16-13-24-25-21(16)19(12-14)22(27)26-9-6-15(7-10-26)17-3-2-4-20-18(17)5-8-23-20/h2-5,8,13-15,19,23H,6-7,9-12H2,1H3,(H,24,25). The Hall–Kier alpha value is -2.56. The maximum Gasteiger partial charge on any atom is 0.231 e. The molecule has 1 aliphatic heterocycles. The summed E-state index contributed by atoms with van der Waals surface area (Å²) in [6, 6.07) is 8.68. The summed E-state index contributed by atoms with van der Waals surface area (Å²) in [6.45, 7) is 3.93. The molecule has 0 bridgehead atoms. The lowest BCUT2D eigenvalue weighted by molar-refractivity contribution is -0.134. The van der Waals surface area contributed by atoms with E-state index < -0.39 is 0 Å². The average Bonchev–Trinajstić information content (AvgIpc) is 3.35. The highest BCUT2D eigenvalue weighted by atomic mass is 16.2. The van der Waals surface area contributed by atoms with Gasteiger partial charge >= 0.3 is 0 Å². The van der Waals surface area contributed by atoms with E-state index in [2.05, 4.69) is 51.3 Å². The van der Waals surface area contributed by atoms with E-state index in [1.807, 2.05) is 12.4 Å². The van der Waals surface area contributed by atoms with Crippen molar-refractivity contribution in [2.45, 2.75) is 44.4 Å². The smallest absolute Gasteiger partial charge is 0.231 e. The Morgan fingerprint density at radius 2 is 2.07 bits per heavy atom. The summed E-state index contributed by atoms with van der Waals surface area (Å²) in [5, 5.41) is 8.62. The molecule has 3 aromatic rings. The van der Waals surface area contributed by atoms with Crippen molar-refractivity contribution in [3.63, 3.8) is 0 Å². The molecule has 0 radical (unpaired) electrons. The molecule has 0 saturated carbocycles. The maximum atomic E-state index is 13.2. The van der Waals surface area contributed by atoms with Crippen molar-refractivity contribution in [2.24, 2.45) is 5.92 Å². The Labute approximate surface area is 159 Å². The number of nitrogens with zero attached hydrogens (tertiary/aromatic N) is 2. The third-order valence-electron chi connectivity index (χ3n) is 6.48. The molecule has 3 heterocycles. The minimum absolute atomic E-state index is 0.0455. The molecule has 2 aromatic heterocycles. The Kier molecular flexibility index (Phi) is 4.03. The van der Waals surface area contributed by atoms with Crippen molar-refractivity contribution in [3.8, 4) is 0 Å². The monoisotopic (exact) mass is 362 g/mol. The van der Waals surface area contributed by atoms with Crippen LogP contribution >= 0.6 is 0 Å². The largest absolute Gasteiger partial charge is 0.361 e. The van der Waals surface area contributed by atoms with Crippen LogP contribution in [0.25, 0.3) is 10.9 Å². The zero-order chi connectivity index (χ0) is 18.4. The third kappa shape index (κ3) is 2.85. The fraction of sp³-hybridized carbons (Fsp3) is 0.455. The number of H-pyrrole nitrogens is 2. The molecule has 2 atom stereocenters. The van der Waals surface area contributed by atoms with Gasteiger partial charge in [0, 0.05) is 30.2 Å². The summed E-state index contributed by atoms with van der Waals surface area (Å²) in [5.74, 6) is 1.30. The highest BCUT2D eigenvalue weighted by molar-refractivity contribution is 5.85. The van der Waals surface area contributed by atoms with E-state index in [0.717, 1.165) is 44.5 Å². The number of amides is 1. The lowest BCUT2D eigenvalue weighted by atomic mass is 9.80. The van der Waals surface area contributed by atoms with Crippen molar-refractivity contribution in [1.29, 1.82) is 0 Å². The molecule has 2 aliphatic rings. The average molecular weight is 362 g/mol. The summed E-state index contributed by atoms with van der Waals surface area (Å²) in [5.41, 5.74) is 4.90. The molecule has 1 amide bonds. The first-order valence-electron chi connectivity index (χ1n) is 10.1. The Morgan fingerprint density at radius 1 is 1.22 bits per heavy atom. The molecule has 5 nitrogen and oxygen atoms in total. The molecule has 140 valence electrons. The number of hydrogen-bond acceptors (Lipinski definition) is 2. The number of fused-ring (bicyclic) bond motifs is 2. The first kappa shape index (κ1) is 16.6. The zero-order valence-corrected chi connectivity index (χ0v) is 15.7. The molecular formula is C22H26N4O. The van der Waals surface area contributed by atoms with E-state index in [0.29, 0.717) is 11.8 Å². The number of rotatable bonds is 2. The van der Waals surface area contributed by atoms with E-state index in [4.69, 9.17) is 0 Å². The number of benzene rings is 1. The van der Waals surface area contributed by atoms with E-state index in [-0.39, 0.29) is 11.8 Å². The highest BCUT2D eigenvalue weighted by Gasteiger charge is 2.35. The van der Waals surface area contributed by atoms with Crippen LogP contribution in [-0.4, -0.2) is 39.1 Å². The number of piperidine rings is 1. The summed E-state index contributed by atoms with van der Waals surface area (Å²) in [7, 11) is 0. The lowest BCUT2D eigenvalue weighted by Gasteiger charge is -2.36. The number of likely N-dealkylation sites (tertiary alicyclic amines) is 1. The summed E-state index contributed by atoms with van der Waals surface area (Å²) in [6.07, 6.45) is 7.94. The second-order valence-corrected chi connectivity index (χ2v) is 8.29. The van der Waals surface area contributed by atoms with Gasteiger partial charge in [-0.3, -0.25) is 9.89 Å². The van der Waals surface area contributed by atoms with Crippen molar-refractivity contribution in [2.75, 3.05) is 13.1 Å². The Balaban J connectivity index is 1.31. The number of hydrogen-bond donors (Lipinski definition) is 2. The number of carbonyl (C=O) groups is 1. The predicted octanol–water partition coefficient (Wildman–Crippen LogP) is 3.96. The van der Waals surface area contributed by atoms with Gasteiger partial charge in [0.15, 0.2) is 0 Å². The van der Waals surface area contributed by atoms with Crippen molar-refractivity contribution < 1.29 is 4.79 Å². The lowest BCUT2D eigenvalue weighted by Crippen LogP contribution is -2.42. The van der Waals surface area contributed by atoms with Gasteiger partial charge in [0.05, 0.1) is 17.8 Å². The van der Waals surface area contributed by atoms with Crippen molar-refractivity contribution >= 4 is 16.8 Å². The Morgan fingerprint density at radius 3 is 2.93 bits per heavy atom. The van der Waals surface area contributed by atoms with Gasteiger partial charge in [-0.05, 0) is 60.8 Å². The molecular weight excluding hydrogens is 336 g/mol. The van der Waals surface area contributed by atoms with Gasteiger partial charge in [0.25, 0.3) is 0 Å². The minimum Gasteiger partial charge on any atom is -0.361 e. The first-order valence-corrected chi connectivity index (χ1v) is 10.1. The fourth-order valence-electron chi connectivity index (χ4n) is 5.09. The zero-order valence-electron chi connectivity index (χ0n) is 15.7. The number of carbonyl (C=O) groups excluding carboxylic acids is 1. The second kappa shape index (κ2) is 6.55. The second-order valence-electron chi connectivity index (χ2n) is 8.29. The molecule has 1 saturated heterocycles. The fourth-order valence-corrected chi connectivity index (χ4v) is 5.09. The summed E-state index contributed by atoms with van der Waals surface area (Å²) < 4.78 is 0. The van der Waals surface area contributed by atoms with Gasteiger partial charge in [0.1, 0.15) is 0 Å². The topological polar surface area (TPSA) is 64.8 Å². The van der Waals surface area contributed by atoms with E-state index >= 15 is 0 Å².